The summed E-state index contributed by atoms with van der Waals surface area (Å²) in [6.45, 7) is 13.1. The quantitative estimate of drug-likeness (QED) is 0.872. The van der Waals surface area contributed by atoms with Crippen LogP contribution < -0.4 is 10.2 Å². The van der Waals surface area contributed by atoms with Gasteiger partial charge in [0.15, 0.2) is 0 Å². The first-order valence-corrected chi connectivity index (χ1v) is 7.57. The van der Waals surface area contributed by atoms with Crippen LogP contribution in [0.1, 0.15) is 45.7 Å². The van der Waals surface area contributed by atoms with Crippen molar-refractivity contribution in [2.24, 2.45) is 0 Å². The van der Waals surface area contributed by atoms with Crippen LogP contribution >= 0.6 is 0 Å². The SMILES string of the molecule is C[C@@H]1CN[C@@H](C)CN1c1ccc(C(C)(C)C)cc1CO. The number of nitrogens with zero attached hydrogens (tertiary/aromatic N) is 1. The molecule has 0 spiro atoms. The van der Waals surface area contributed by atoms with E-state index >= 15 is 0 Å². The summed E-state index contributed by atoms with van der Waals surface area (Å²) in [6.07, 6.45) is 0. The molecule has 0 bridgehead atoms. The Labute approximate surface area is 123 Å². The lowest BCUT2D eigenvalue weighted by molar-refractivity contribution is 0.281. The third-order valence-electron chi connectivity index (χ3n) is 4.19. The molecule has 3 heteroatoms. The Morgan fingerprint density at radius 1 is 1.30 bits per heavy atom. The molecule has 0 aliphatic carbocycles. The Balaban J connectivity index is 2.36. The van der Waals surface area contributed by atoms with Gasteiger partial charge in [-0.15, -0.1) is 0 Å². The first kappa shape index (κ1) is 15.3. The molecule has 1 aromatic rings. The zero-order valence-electron chi connectivity index (χ0n) is 13.4. The van der Waals surface area contributed by atoms with Crippen LogP contribution in [0.2, 0.25) is 0 Å². The van der Waals surface area contributed by atoms with Gasteiger partial charge in [-0.3, -0.25) is 0 Å². The van der Waals surface area contributed by atoms with Crippen molar-refractivity contribution in [1.82, 2.24) is 5.32 Å². The molecule has 0 amide bonds. The largest absolute Gasteiger partial charge is 0.392 e. The average Bonchev–Trinajstić information content (AvgIpc) is 2.40. The fourth-order valence-electron chi connectivity index (χ4n) is 2.82. The van der Waals surface area contributed by atoms with E-state index in [0.717, 1.165) is 18.7 Å². The van der Waals surface area contributed by atoms with E-state index in [4.69, 9.17) is 0 Å². The number of hydrogen-bond acceptors (Lipinski definition) is 3. The molecule has 1 heterocycles. The second-order valence-corrected chi connectivity index (χ2v) is 7.06. The lowest BCUT2D eigenvalue weighted by Gasteiger charge is -2.40. The average molecular weight is 276 g/mol. The Kier molecular flexibility index (Phi) is 4.40. The van der Waals surface area contributed by atoms with Crippen LogP contribution in [0.3, 0.4) is 0 Å². The first-order chi connectivity index (χ1) is 9.32. The molecule has 112 valence electrons. The second kappa shape index (κ2) is 5.74. The highest BCUT2D eigenvalue weighted by molar-refractivity contribution is 5.57. The van der Waals surface area contributed by atoms with Gasteiger partial charge in [0.05, 0.1) is 6.61 Å². The third-order valence-corrected chi connectivity index (χ3v) is 4.19. The van der Waals surface area contributed by atoms with E-state index in [2.05, 4.69) is 63.0 Å². The molecule has 0 unspecified atom stereocenters. The van der Waals surface area contributed by atoms with E-state index in [1.54, 1.807) is 0 Å². The van der Waals surface area contributed by atoms with Crippen molar-refractivity contribution in [3.05, 3.63) is 29.3 Å². The number of benzene rings is 1. The number of anilines is 1. The number of aliphatic hydroxyl groups excluding tert-OH is 1. The van der Waals surface area contributed by atoms with Crippen LogP contribution in [0, 0.1) is 0 Å². The third kappa shape index (κ3) is 3.15. The molecule has 3 nitrogen and oxygen atoms in total. The first-order valence-electron chi connectivity index (χ1n) is 7.57. The fraction of sp³-hybridized carbons (Fsp3) is 0.647. The molecule has 1 aliphatic rings. The number of aliphatic hydroxyl groups is 1. The van der Waals surface area contributed by atoms with Crippen molar-refractivity contribution in [3.63, 3.8) is 0 Å². The lowest BCUT2D eigenvalue weighted by atomic mass is 9.85. The van der Waals surface area contributed by atoms with Gasteiger partial charge in [-0.1, -0.05) is 32.9 Å². The summed E-state index contributed by atoms with van der Waals surface area (Å²) in [5, 5.41) is 13.2. The van der Waals surface area contributed by atoms with Crippen LogP contribution in [0.25, 0.3) is 0 Å². The van der Waals surface area contributed by atoms with Crippen molar-refractivity contribution < 1.29 is 5.11 Å². The topological polar surface area (TPSA) is 35.5 Å². The highest BCUT2D eigenvalue weighted by atomic mass is 16.3. The van der Waals surface area contributed by atoms with Crippen LogP contribution in [-0.4, -0.2) is 30.3 Å². The highest BCUT2D eigenvalue weighted by Crippen LogP contribution is 2.30. The number of rotatable bonds is 2. The monoisotopic (exact) mass is 276 g/mol. The molecule has 1 saturated heterocycles. The highest BCUT2D eigenvalue weighted by Gasteiger charge is 2.25. The summed E-state index contributed by atoms with van der Waals surface area (Å²) in [5.41, 5.74) is 3.62. The zero-order valence-corrected chi connectivity index (χ0v) is 13.4. The summed E-state index contributed by atoms with van der Waals surface area (Å²) in [4.78, 5) is 2.42. The maximum Gasteiger partial charge on any atom is 0.0702 e. The molecule has 2 rings (SSSR count). The van der Waals surface area contributed by atoms with Crippen molar-refractivity contribution in [1.29, 1.82) is 0 Å². The van der Waals surface area contributed by atoms with E-state index in [1.165, 1.54) is 11.3 Å². The van der Waals surface area contributed by atoms with Crippen molar-refractivity contribution in [2.75, 3.05) is 18.0 Å². The molecular formula is C17H28N2O. The minimum absolute atomic E-state index is 0.101. The Morgan fingerprint density at radius 3 is 2.60 bits per heavy atom. The van der Waals surface area contributed by atoms with Gasteiger partial charge < -0.3 is 15.3 Å². The molecular weight excluding hydrogens is 248 g/mol. The predicted molar refractivity (Wildman–Crippen MR) is 85.3 cm³/mol. The van der Waals surface area contributed by atoms with Gasteiger partial charge in [0.25, 0.3) is 0 Å². The molecule has 20 heavy (non-hydrogen) atoms. The standard InChI is InChI=1S/C17H28N2O/c1-12-10-19(13(2)9-18-12)16-7-6-15(17(3,4)5)8-14(16)11-20/h6-8,12-13,18,20H,9-11H2,1-5H3/t12-,13+/m0/s1. The smallest absolute Gasteiger partial charge is 0.0702 e. The van der Waals surface area contributed by atoms with Gasteiger partial charge in [-0.05, 0) is 30.9 Å². The molecule has 0 aromatic heterocycles. The Morgan fingerprint density at radius 2 is 2.00 bits per heavy atom. The predicted octanol–water partition coefficient (Wildman–Crippen LogP) is 2.66. The molecule has 2 N–H and O–H groups in total. The van der Waals surface area contributed by atoms with Crippen LogP contribution in [0.5, 0.6) is 0 Å². The van der Waals surface area contributed by atoms with Crippen LogP contribution in [0.4, 0.5) is 5.69 Å². The molecule has 1 aromatic carbocycles. The minimum Gasteiger partial charge on any atom is -0.392 e. The summed E-state index contributed by atoms with van der Waals surface area (Å²) in [5.74, 6) is 0. The summed E-state index contributed by atoms with van der Waals surface area (Å²) in [7, 11) is 0. The van der Waals surface area contributed by atoms with Gasteiger partial charge in [0, 0.05) is 36.4 Å². The second-order valence-electron chi connectivity index (χ2n) is 7.06. The minimum atomic E-state index is 0.101. The van der Waals surface area contributed by atoms with E-state index < -0.39 is 0 Å². The van der Waals surface area contributed by atoms with Gasteiger partial charge in [0.1, 0.15) is 0 Å². The van der Waals surface area contributed by atoms with Crippen molar-refractivity contribution in [2.45, 2.75) is 58.7 Å². The van der Waals surface area contributed by atoms with E-state index in [-0.39, 0.29) is 12.0 Å². The fourth-order valence-corrected chi connectivity index (χ4v) is 2.82. The van der Waals surface area contributed by atoms with Crippen molar-refractivity contribution >= 4 is 5.69 Å². The normalized spacial score (nSPS) is 24.0. The van der Waals surface area contributed by atoms with Gasteiger partial charge in [-0.2, -0.15) is 0 Å². The Hall–Kier alpha value is -1.06. The maximum atomic E-state index is 9.75. The lowest BCUT2D eigenvalue weighted by Crippen LogP contribution is -2.54. The maximum absolute atomic E-state index is 9.75. The summed E-state index contributed by atoms with van der Waals surface area (Å²) >= 11 is 0. The van der Waals surface area contributed by atoms with Gasteiger partial charge >= 0.3 is 0 Å². The number of nitrogens with one attached hydrogen (secondary N) is 1. The number of piperazine rings is 1. The van der Waals surface area contributed by atoms with E-state index in [1.807, 2.05) is 0 Å². The number of hydrogen-bond donors (Lipinski definition) is 2. The molecule has 1 fully saturated rings. The van der Waals surface area contributed by atoms with Crippen molar-refractivity contribution in [3.8, 4) is 0 Å². The molecule has 0 saturated carbocycles. The summed E-state index contributed by atoms with van der Waals surface area (Å²) < 4.78 is 0. The molecule has 2 atom stereocenters. The van der Waals surface area contributed by atoms with E-state index in [0.29, 0.717) is 12.1 Å². The van der Waals surface area contributed by atoms with Gasteiger partial charge in [-0.25, -0.2) is 0 Å². The summed E-state index contributed by atoms with van der Waals surface area (Å²) in [6, 6.07) is 7.49. The Bertz CT molecular complexity index is 465. The molecule has 0 radical (unpaired) electrons. The van der Waals surface area contributed by atoms with E-state index in [9.17, 15) is 5.11 Å². The zero-order chi connectivity index (χ0) is 14.9. The van der Waals surface area contributed by atoms with Crippen LogP contribution in [0.15, 0.2) is 18.2 Å². The van der Waals surface area contributed by atoms with Gasteiger partial charge in [0.2, 0.25) is 0 Å². The van der Waals surface area contributed by atoms with Crippen LogP contribution in [-0.2, 0) is 12.0 Å². The molecule has 1 aliphatic heterocycles.